The minimum atomic E-state index is -3.57. The molecule has 0 atom stereocenters. The summed E-state index contributed by atoms with van der Waals surface area (Å²) in [5.41, 5.74) is 3.81. The van der Waals surface area contributed by atoms with Gasteiger partial charge in [-0.05, 0) is 47.4 Å². The maximum atomic E-state index is 12.5. The number of sulfonamides is 1. The molecule has 0 radical (unpaired) electrons. The van der Waals surface area contributed by atoms with Gasteiger partial charge >= 0.3 is 0 Å². The van der Waals surface area contributed by atoms with Gasteiger partial charge in [-0.2, -0.15) is 0 Å². The zero-order chi connectivity index (χ0) is 17.9. The van der Waals surface area contributed by atoms with Gasteiger partial charge in [0.25, 0.3) is 0 Å². The lowest BCUT2D eigenvalue weighted by Gasteiger charge is -2.09. The van der Waals surface area contributed by atoms with Crippen molar-refractivity contribution in [3.8, 4) is 11.1 Å². The fourth-order valence-electron chi connectivity index (χ4n) is 2.47. The van der Waals surface area contributed by atoms with E-state index in [1.54, 1.807) is 18.2 Å². The van der Waals surface area contributed by atoms with Crippen LogP contribution in [-0.4, -0.2) is 8.42 Å². The number of hydrogen-bond donors (Lipinski definition) is 1. The van der Waals surface area contributed by atoms with Crippen LogP contribution in [0.1, 0.15) is 11.1 Å². The molecular formula is C20H18ClNO2S. The van der Waals surface area contributed by atoms with Gasteiger partial charge in [0, 0.05) is 11.6 Å². The molecule has 0 aliphatic carbocycles. The summed E-state index contributed by atoms with van der Waals surface area (Å²) in [5, 5.41) is 0.629. The number of rotatable bonds is 5. The summed E-state index contributed by atoms with van der Waals surface area (Å²) in [6.07, 6.45) is 0. The molecule has 1 N–H and O–H groups in total. The zero-order valence-electron chi connectivity index (χ0n) is 13.7. The van der Waals surface area contributed by atoms with Gasteiger partial charge in [-0.25, -0.2) is 13.1 Å². The average Bonchev–Trinajstić information content (AvgIpc) is 2.64. The first-order valence-corrected chi connectivity index (χ1v) is 9.72. The Hall–Kier alpha value is -2.14. The summed E-state index contributed by atoms with van der Waals surface area (Å²) >= 11 is 6.08. The molecule has 5 heteroatoms. The molecule has 0 spiro atoms. The van der Waals surface area contributed by atoms with Crippen molar-refractivity contribution in [3.05, 3.63) is 88.9 Å². The number of aryl methyl sites for hydroxylation is 1. The second-order valence-electron chi connectivity index (χ2n) is 5.80. The first kappa shape index (κ1) is 17.7. The number of hydrogen-bond acceptors (Lipinski definition) is 2. The normalized spacial score (nSPS) is 11.4. The van der Waals surface area contributed by atoms with E-state index in [-0.39, 0.29) is 11.4 Å². The molecule has 0 fully saturated rings. The van der Waals surface area contributed by atoms with Crippen molar-refractivity contribution in [2.75, 3.05) is 0 Å². The van der Waals surface area contributed by atoms with E-state index >= 15 is 0 Å². The van der Waals surface area contributed by atoms with Gasteiger partial charge in [-0.3, -0.25) is 0 Å². The Bertz CT molecular complexity index is 968. The zero-order valence-corrected chi connectivity index (χ0v) is 15.3. The second-order valence-corrected chi connectivity index (χ2v) is 7.97. The van der Waals surface area contributed by atoms with Crippen LogP contribution < -0.4 is 4.72 Å². The van der Waals surface area contributed by atoms with Gasteiger partial charge in [-0.15, -0.1) is 0 Å². The molecule has 0 bridgehead atoms. The van der Waals surface area contributed by atoms with Gasteiger partial charge in [0.2, 0.25) is 10.0 Å². The fourth-order valence-corrected chi connectivity index (χ4v) is 3.69. The first-order valence-electron chi connectivity index (χ1n) is 7.86. The van der Waals surface area contributed by atoms with E-state index in [1.165, 1.54) is 0 Å². The molecule has 3 aromatic rings. The molecular weight excluding hydrogens is 354 g/mol. The SMILES string of the molecule is Cc1ccc(CNS(=O)(=O)c2ccc(-c3ccccc3)cc2)cc1Cl. The standard InChI is InChI=1S/C20H18ClNO2S/c1-15-7-8-16(13-20(15)21)14-22-25(23,24)19-11-9-18(10-12-19)17-5-3-2-4-6-17/h2-13,22H,14H2,1H3. The summed E-state index contributed by atoms with van der Waals surface area (Å²) in [6.45, 7) is 2.10. The van der Waals surface area contributed by atoms with E-state index in [0.717, 1.165) is 22.3 Å². The van der Waals surface area contributed by atoms with Crippen LogP contribution in [0.2, 0.25) is 5.02 Å². The van der Waals surface area contributed by atoms with E-state index in [2.05, 4.69) is 4.72 Å². The smallest absolute Gasteiger partial charge is 0.207 e. The largest absolute Gasteiger partial charge is 0.240 e. The van der Waals surface area contributed by atoms with Crippen LogP contribution >= 0.6 is 11.6 Å². The van der Waals surface area contributed by atoms with Crippen molar-refractivity contribution in [1.29, 1.82) is 0 Å². The lowest BCUT2D eigenvalue weighted by atomic mass is 10.1. The molecule has 0 heterocycles. The van der Waals surface area contributed by atoms with Crippen molar-refractivity contribution < 1.29 is 8.42 Å². The van der Waals surface area contributed by atoms with Gasteiger partial charge < -0.3 is 0 Å². The molecule has 0 unspecified atom stereocenters. The highest BCUT2D eigenvalue weighted by atomic mass is 35.5. The second kappa shape index (κ2) is 7.40. The molecule has 0 aliphatic rings. The summed E-state index contributed by atoms with van der Waals surface area (Å²) in [4.78, 5) is 0.241. The van der Waals surface area contributed by atoms with E-state index in [0.29, 0.717) is 5.02 Å². The van der Waals surface area contributed by atoms with Crippen LogP contribution in [0.3, 0.4) is 0 Å². The van der Waals surface area contributed by atoms with Crippen molar-refractivity contribution in [2.45, 2.75) is 18.4 Å². The van der Waals surface area contributed by atoms with Gasteiger partial charge in [-0.1, -0.05) is 66.2 Å². The quantitative estimate of drug-likeness (QED) is 0.700. The summed E-state index contributed by atoms with van der Waals surface area (Å²) in [7, 11) is -3.57. The van der Waals surface area contributed by atoms with Gasteiger partial charge in [0.05, 0.1) is 4.90 Å². The number of halogens is 1. The molecule has 0 saturated carbocycles. The molecule has 0 aliphatic heterocycles. The number of benzene rings is 3. The highest BCUT2D eigenvalue weighted by Crippen LogP contribution is 2.21. The predicted octanol–water partition coefficient (Wildman–Crippen LogP) is 4.79. The average molecular weight is 372 g/mol. The van der Waals surface area contributed by atoms with Crippen LogP contribution in [-0.2, 0) is 16.6 Å². The third-order valence-corrected chi connectivity index (χ3v) is 5.80. The van der Waals surface area contributed by atoms with Crippen molar-refractivity contribution >= 4 is 21.6 Å². The van der Waals surface area contributed by atoms with Crippen LogP contribution in [0.5, 0.6) is 0 Å². The number of nitrogens with one attached hydrogen (secondary N) is 1. The van der Waals surface area contributed by atoms with Crippen molar-refractivity contribution in [2.24, 2.45) is 0 Å². The maximum Gasteiger partial charge on any atom is 0.240 e. The lowest BCUT2D eigenvalue weighted by Crippen LogP contribution is -2.23. The summed E-state index contributed by atoms with van der Waals surface area (Å²) in [6, 6.07) is 22.2. The molecule has 0 saturated heterocycles. The third-order valence-electron chi connectivity index (χ3n) is 3.97. The first-order chi connectivity index (χ1) is 12.0. The van der Waals surface area contributed by atoms with E-state index in [1.807, 2.05) is 61.5 Å². The Morgan fingerprint density at radius 2 is 1.52 bits per heavy atom. The van der Waals surface area contributed by atoms with E-state index in [9.17, 15) is 8.42 Å². The van der Waals surface area contributed by atoms with Gasteiger partial charge in [0.1, 0.15) is 0 Å². The van der Waals surface area contributed by atoms with Crippen molar-refractivity contribution in [3.63, 3.8) is 0 Å². The summed E-state index contributed by atoms with van der Waals surface area (Å²) < 4.78 is 27.5. The Morgan fingerprint density at radius 1 is 0.880 bits per heavy atom. The topological polar surface area (TPSA) is 46.2 Å². The monoisotopic (exact) mass is 371 g/mol. The maximum absolute atomic E-state index is 12.5. The molecule has 3 nitrogen and oxygen atoms in total. The summed E-state index contributed by atoms with van der Waals surface area (Å²) in [5.74, 6) is 0. The third kappa shape index (κ3) is 4.28. The lowest BCUT2D eigenvalue weighted by molar-refractivity contribution is 0.581. The Labute approximate surface area is 153 Å². The van der Waals surface area contributed by atoms with Crippen LogP contribution in [0.25, 0.3) is 11.1 Å². The Morgan fingerprint density at radius 3 is 2.16 bits per heavy atom. The minimum absolute atomic E-state index is 0.197. The van der Waals surface area contributed by atoms with Crippen LogP contribution in [0.4, 0.5) is 0 Å². The van der Waals surface area contributed by atoms with E-state index in [4.69, 9.17) is 11.6 Å². The fraction of sp³-hybridized carbons (Fsp3) is 0.100. The van der Waals surface area contributed by atoms with Gasteiger partial charge in [0.15, 0.2) is 0 Å². The molecule has 3 rings (SSSR count). The molecule has 25 heavy (non-hydrogen) atoms. The highest BCUT2D eigenvalue weighted by molar-refractivity contribution is 7.89. The Kier molecular flexibility index (Phi) is 5.23. The minimum Gasteiger partial charge on any atom is -0.207 e. The van der Waals surface area contributed by atoms with E-state index < -0.39 is 10.0 Å². The van der Waals surface area contributed by atoms with Crippen molar-refractivity contribution in [1.82, 2.24) is 4.72 Å². The molecule has 0 amide bonds. The molecule has 0 aromatic heterocycles. The Balaban J connectivity index is 1.74. The molecule has 128 valence electrons. The van der Waals surface area contributed by atoms with Crippen LogP contribution in [0, 0.1) is 6.92 Å². The molecule has 3 aromatic carbocycles. The highest BCUT2D eigenvalue weighted by Gasteiger charge is 2.14. The predicted molar refractivity (Wildman–Crippen MR) is 102 cm³/mol. The van der Waals surface area contributed by atoms with Crippen LogP contribution in [0.15, 0.2) is 77.7 Å².